The van der Waals surface area contributed by atoms with Gasteiger partial charge in [-0.15, -0.1) is 11.3 Å². The number of fused-ring (bicyclic) bond motifs is 1. The zero-order valence-electron chi connectivity index (χ0n) is 13.3. The standard InChI is InChI=1S/C17H13BrFNO4S/c1-8-10(5-16(21)22)11-4-14(24-2)12(19)6-13(11)20(8)17(23)9-3-15(18)25-7-9/h3-4,6-7H,5H2,1-2H3,(H,21,22). The molecule has 0 saturated carbocycles. The van der Waals surface area contributed by atoms with Gasteiger partial charge in [0, 0.05) is 22.5 Å². The molecule has 3 aromatic rings. The van der Waals surface area contributed by atoms with Crippen molar-refractivity contribution < 1.29 is 23.8 Å². The van der Waals surface area contributed by atoms with Crippen LogP contribution in [-0.2, 0) is 11.2 Å². The van der Waals surface area contributed by atoms with Gasteiger partial charge >= 0.3 is 5.97 Å². The lowest BCUT2D eigenvalue weighted by Crippen LogP contribution is -2.13. The van der Waals surface area contributed by atoms with Gasteiger partial charge in [0.2, 0.25) is 0 Å². The number of hydrogen-bond donors (Lipinski definition) is 1. The summed E-state index contributed by atoms with van der Waals surface area (Å²) in [5.74, 6) is -1.99. The maximum atomic E-state index is 14.2. The summed E-state index contributed by atoms with van der Waals surface area (Å²) >= 11 is 4.67. The second-order valence-corrected chi connectivity index (χ2v) is 7.71. The first kappa shape index (κ1) is 17.6. The zero-order chi connectivity index (χ0) is 18.3. The molecule has 1 N–H and O–H groups in total. The summed E-state index contributed by atoms with van der Waals surface area (Å²) in [4.78, 5) is 24.1. The van der Waals surface area contributed by atoms with E-state index in [1.807, 2.05) is 0 Å². The van der Waals surface area contributed by atoms with Crippen molar-refractivity contribution in [3.63, 3.8) is 0 Å². The van der Waals surface area contributed by atoms with Gasteiger partial charge in [0.25, 0.3) is 5.91 Å². The molecule has 0 aliphatic heterocycles. The van der Waals surface area contributed by atoms with Crippen LogP contribution in [0.25, 0.3) is 10.9 Å². The van der Waals surface area contributed by atoms with Gasteiger partial charge in [0.1, 0.15) is 0 Å². The molecule has 0 saturated heterocycles. The van der Waals surface area contributed by atoms with Crippen molar-refractivity contribution in [1.82, 2.24) is 4.57 Å². The van der Waals surface area contributed by atoms with Crippen LogP contribution in [0.3, 0.4) is 0 Å². The molecule has 2 heterocycles. The van der Waals surface area contributed by atoms with E-state index in [-0.39, 0.29) is 18.1 Å². The maximum Gasteiger partial charge on any atom is 0.307 e. The number of carbonyl (C=O) groups is 2. The van der Waals surface area contributed by atoms with Crippen molar-refractivity contribution in [3.8, 4) is 5.75 Å². The second kappa shape index (κ2) is 6.61. The average Bonchev–Trinajstić information content (AvgIpc) is 3.08. The molecule has 0 aliphatic rings. The van der Waals surface area contributed by atoms with E-state index in [2.05, 4.69) is 15.9 Å². The molecule has 0 aliphatic carbocycles. The van der Waals surface area contributed by atoms with Crippen molar-refractivity contribution in [2.75, 3.05) is 7.11 Å². The predicted molar refractivity (Wildman–Crippen MR) is 96.3 cm³/mol. The predicted octanol–water partition coefficient (Wildman–Crippen LogP) is 4.24. The molecule has 0 radical (unpaired) electrons. The SMILES string of the molecule is COc1cc2c(CC(=O)O)c(C)n(C(=O)c3csc(Br)c3)c2cc1F. The fourth-order valence-electron chi connectivity index (χ4n) is 2.82. The number of nitrogens with zero attached hydrogens (tertiary/aromatic N) is 1. The van der Waals surface area contributed by atoms with Crippen molar-refractivity contribution in [2.24, 2.45) is 0 Å². The normalized spacial score (nSPS) is 11.0. The molecule has 130 valence electrons. The first-order valence-corrected chi connectivity index (χ1v) is 8.88. The average molecular weight is 426 g/mol. The topological polar surface area (TPSA) is 68.5 Å². The molecule has 2 aromatic heterocycles. The molecule has 1 aromatic carbocycles. The van der Waals surface area contributed by atoms with E-state index in [4.69, 9.17) is 4.74 Å². The highest BCUT2D eigenvalue weighted by atomic mass is 79.9. The number of benzene rings is 1. The van der Waals surface area contributed by atoms with E-state index in [0.717, 1.165) is 3.79 Å². The minimum atomic E-state index is -1.03. The van der Waals surface area contributed by atoms with Gasteiger partial charge in [-0.25, -0.2) is 4.39 Å². The van der Waals surface area contributed by atoms with Crippen molar-refractivity contribution in [1.29, 1.82) is 0 Å². The highest BCUT2D eigenvalue weighted by molar-refractivity contribution is 9.11. The Morgan fingerprint density at radius 2 is 2.08 bits per heavy atom. The highest BCUT2D eigenvalue weighted by Gasteiger charge is 2.23. The van der Waals surface area contributed by atoms with Gasteiger partial charge in [-0.1, -0.05) is 0 Å². The van der Waals surface area contributed by atoms with Crippen LogP contribution >= 0.6 is 27.3 Å². The zero-order valence-corrected chi connectivity index (χ0v) is 15.7. The number of carboxylic acid groups (broad SMARTS) is 1. The molecule has 0 amide bonds. The minimum Gasteiger partial charge on any atom is -0.494 e. The summed E-state index contributed by atoms with van der Waals surface area (Å²) in [6.07, 6.45) is -0.273. The Morgan fingerprint density at radius 3 is 2.64 bits per heavy atom. The third-order valence-corrected chi connectivity index (χ3v) is 5.46. The van der Waals surface area contributed by atoms with E-state index in [0.29, 0.717) is 27.7 Å². The first-order valence-electron chi connectivity index (χ1n) is 7.21. The van der Waals surface area contributed by atoms with Gasteiger partial charge in [-0.05, 0) is 40.5 Å². The molecule has 0 fully saturated rings. The maximum absolute atomic E-state index is 14.2. The van der Waals surface area contributed by atoms with Crippen molar-refractivity contribution in [2.45, 2.75) is 13.3 Å². The Bertz CT molecular complexity index is 1010. The number of thiophene rings is 1. The van der Waals surface area contributed by atoms with Crippen LogP contribution in [0.1, 0.15) is 21.6 Å². The number of halogens is 2. The van der Waals surface area contributed by atoms with Crippen LogP contribution < -0.4 is 4.74 Å². The van der Waals surface area contributed by atoms with E-state index >= 15 is 0 Å². The fourth-order valence-corrected chi connectivity index (χ4v) is 3.95. The first-order chi connectivity index (χ1) is 11.8. The lowest BCUT2D eigenvalue weighted by molar-refractivity contribution is -0.136. The van der Waals surface area contributed by atoms with Gasteiger partial charge in [0.15, 0.2) is 11.6 Å². The summed E-state index contributed by atoms with van der Waals surface area (Å²) in [7, 11) is 1.33. The summed E-state index contributed by atoms with van der Waals surface area (Å²) in [6.45, 7) is 1.65. The smallest absolute Gasteiger partial charge is 0.307 e. The van der Waals surface area contributed by atoms with E-state index in [1.54, 1.807) is 18.4 Å². The van der Waals surface area contributed by atoms with Crippen LogP contribution in [0.15, 0.2) is 27.4 Å². The number of aliphatic carboxylic acids is 1. The molecule has 0 unspecified atom stereocenters. The Kier molecular flexibility index (Phi) is 4.66. The van der Waals surface area contributed by atoms with Crippen molar-refractivity contribution in [3.05, 3.63) is 50.0 Å². The fraction of sp³-hybridized carbons (Fsp3) is 0.176. The number of carboxylic acids is 1. The molecular formula is C17H13BrFNO4S. The molecule has 0 atom stereocenters. The molecule has 0 bridgehead atoms. The largest absolute Gasteiger partial charge is 0.494 e. The number of carbonyl (C=O) groups excluding carboxylic acids is 1. The van der Waals surface area contributed by atoms with Gasteiger partial charge in [-0.2, -0.15) is 0 Å². The summed E-state index contributed by atoms with van der Waals surface area (Å²) in [5.41, 5.74) is 1.69. The van der Waals surface area contributed by atoms with Crippen LogP contribution in [-0.4, -0.2) is 28.7 Å². The summed E-state index contributed by atoms with van der Waals surface area (Å²) < 4.78 is 21.3. The van der Waals surface area contributed by atoms with Crippen molar-refractivity contribution >= 4 is 50.0 Å². The van der Waals surface area contributed by atoms with E-state index in [9.17, 15) is 19.1 Å². The van der Waals surface area contributed by atoms with Crippen LogP contribution in [0.2, 0.25) is 0 Å². The molecule has 0 spiro atoms. The van der Waals surface area contributed by atoms with Crippen LogP contribution in [0.5, 0.6) is 5.75 Å². The Morgan fingerprint density at radius 1 is 1.36 bits per heavy atom. The number of methoxy groups -OCH3 is 1. The third-order valence-electron chi connectivity index (χ3n) is 3.95. The van der Waals surface area contributed by atoms with Crippen LogP contribution in [0, 0.1) is 12.7 Å². The molecule has 3 rings (SSSR count). The lowest BCUT2D eigenvalue weighted by atomic mass is 10.1. The molecule has 8 heteroatoms. The Labute approximate surface area is 154 Å². The molecule has 25 heavy (non-hydrogen) atoms. The number of hydrogen-bond acceptors (Lipinski definition) is 4. The Hall–Kier alpha value is -2.19. The number of rotatable bonds is 4. The van der Waals surface area contributed by atoms with Crippen LogP contribution in [0.4, 0.5) is 4.39 Å². The Balaban J connectivity index is 2.30. The second-order valence-electron chi connectivity index (χ2n) is 5.42. The van der Waals surface area contributed by atoms with Gasteiger partial charge in [-0.3, -0.25) is 14.2 Å². The van der Waals surface area contributed by atoms with Gasteiger partial charge < -0.3 is 9.84 Å². The molecule has 5 nitrogen and oxygen atoms in total. The number of aromatic nitrogens is 1. The number of ether oxygens (including phenoxy) is 1. The van der Waals surface area contributed by atoms with E-state index in [1.165, 1.54) is 35.1 Å². The molecular weight excluding hydrogens is 413 g/mol. The van der Waals surface area contributed by atoms with Gasteiger partial charge in [0.05, 0.1) is 28.4 Å². The van der Waals surface area contributed by atoms with E-state index < -0.39 is 11.8 Å². The quantitative estimate of drug-likeness (QED) is 0.678. The third kappa shape index (κ3) is 3.07. The highest BCUT2D eigenvalue weighted by Crippen LogP contribution is 2.33. The lowest BCUT2D eigenvalue weighted by Gasteiger charge is -2.07. The monoisotopic (exact) mass is 425 g/mol. The minimum absolute atomic E-state index is 0.00187. The summed E-state index contributed by atoms with van der Waals surface area (Å²) in [5, 5.41) is 11.4. The summed E-state index contributed by atoms with van der Waals surface area (Å²) in [6, 6.07) is 4.31.